The molecule has 132 valence electrons. The Bertz CT molecular complexity index is 1430. The van der Waals surface area contributed by atoms with Crippen LogP contribution < -0.4 is 0 Å². The van der Waals surface area contributed by atoms with Crippen molar-refractivity contribution in [2.75, 3.05) is 0 Å². The van der Waals surface area contributed by atoms with E-state index in [1.165, 1.54) is 49.5 Å². The maximum Gasteiger partial charge on any atom is 0.0536 e. The summed E-state index contributed by atoms with van der Waals surface area (Å²) in [6, 6.07) is 34.5. The van der Waals surface area contributed by atoms with E-state index in [0.717, 1.165) is 0 Å². The van der Waals surface area contributed by atoms with E-state index in [2.05, 4.69) is 113 Å². The van der Waals surface area contributed by atoms with Gasteiger partial charge in [-0.1, -0.05) is 60.7 Å². The Morgan fingerprint density at radius 1 is 0.571 bits per heavy atom. The van der Waals surface area contributed by atoms with Crippen molar-refractivity contribution < 1.29 is 0 Å². The third-order valence-electron chi connectivity index (χ3n) is 5.57. The van der Waals surface area contributed by atoms with Gasteiger partial charge in [-0.15, -0.1) is 0 Å². The molecule has 0 saturated heterocycles. The van der Waals surface area contributed by atoms with Crippen LogP contribution in [0.2, 0.25) is 0 Å². The molecule has 2 aromatic heterocycles. The lowest BCUT2D eigenvalue weighted by molar-refractivity contribution is 1.13. The number of aromatic nitrogens is 2. The van der Waals surface area contributed by atoms with Gasteiger partial charge in [-0.2, -0.15) is 0 Å². The molecule has 4 aromatic carbocycles. The van der Waals surface area contributed by atoms with E-state index in [9.17, 15) is 0 Å². The van der Waals surface area contributed by atoms with E-state index < -0.39 is 0 Å². The molecule has 1 N–H and O–H groups in total. The summed E-state index contributed by atoms with van der Waals surface area (Å²) in [5, 5.41) is 3.78. The van der Waals surface area contributed by atoms with Crippen molar-refractivity contribution in [1.29, 1.82) is 0 Å². The maximum absolute atomic E-state index is 3.54. The van der Waals surface area contributed by atoms with Crippen LogP contribution in [-0.4, -0.2) is 9.55 Å². The van der Waals surface area contributed by atoms with E-state index in [1.807, 2.05) is 0 Å². The van der Waals surface area contributed by atoms with Crippen LogP contribution in [0.25, 0.3) is 49.5 Å². The largest absolute Gasteiger partial charge is 0.354 e. The van der Waals surface area contributed by atoms with Crippen molar-refractivity contribution in [3.63, 3.8) is 0 Å². The molecule has 2 heterocycles. The average Bonchev–Trinajstić information content (AvgIpc) is 3.33. The molecule has 6 rings (SSSR count). The first kappa shape index (κ1) is 15.3. The molecule has 0 aliphatic carbocycles. The highest BCUT2D eigenvalue weighted by Crippen LogP contribution is 2.31. The van der Waals surface area contributed by atoms with E-state index in [0.29, 0.717) is 0 Å². The van der Waals surface area contributed by atoms with Gasteiger partial charge < -0.3 is 9.55 Å². The Morgan fingerprint density at radius 2 is 1.32 bits per heavy atom. The lowest BCUT2D eigenvalue weighted by atomic mass is 10.1. The van der Waals surface area contributed by atoms with Crippen molar-refractivity contribution in [1.82, 2.24) is 9.55 Å². The summed E-state index contributed by atoms with van der Waals surface area (Å²) in [7, 11) is 0. The molecule has 0 radical (unpaired) electrons. The minimum absolute atomic E-state index is 1.17. The fourth-order valence-corrected chi connectivity index (χ4v) is 4.15. The second kappa shape index (κ2) is 5.86. The van der Waals surface area contributed by atoms with Crippen LogP contribution in [0.3, 0.4) is 0 Å². The zero-order chi connectivity index (χ0) is 18.5. The predicted octanol–water partition coefficient (Wildman–Crippen LogP) is 6.93. The van der Waals surface area contributed by atoms with Crippen molar-refractivity contribution >= 4 is 32.7 Å². The molecule has 28 heavy (non-hydrogen) atoms. The number of hydrogen-bond donors (Lipinski definition) is 1. The molecule has 0 saturated carbocycles. The normalized spacial score (nSPS) is 11.6. The Morgan fingerprint density at radius 3 is 2.18 bits per heavy atom. The number of H-pyrrole nitrogens is 1. The minimum Gasteiger partial charge on any atom is -0.354 e. The number of hydrogen-bond acceptors (Lipinski definition) is 0. The van der Waals surface area contributed by atoms with Crippen LogP contribution >= 0.6 is 0 Å². The van der Waals surface area contributed by atoms with Gasteiger partial charge in [0.15, 0.2) is 0 Å². The molecule has 0 unspecified atom stereocenters. The van der Waals surface area contributed by atoms with Crippen molar-refractivity contribution in [2.24, 2.45) is 0 Å². The number of para-hydroxylation sites is 1. The summed E-state index contributed by atoms with van der Waals surface area (Å²) in [5.41, 5.74) is 7.25. The number of benzene rings is 4. The summed E-state index contributed by atoms with van der Waals surface area (Å²) in [5.74, 6) is 0. The lowest BCUT2D eigenvalue weighted by Crippen LogP contribution is -1.91. The quantitative estimate of drug-likeness (QED) is 0.346. The van der Waals surface area contributed by atoms with Crippen molar-refractivity contribution in [3.05, 3.63) is 103 Å². The number of fused-ring (bicyclic) bond motifs is 4. The molecular formula is C26H18N2. The van der Waals surface area contributed by atoms with Crippen LogP contribution in [0.4, 0.5) is 0 Å². The molecular weight excluding hydrogens is 340 g/mol. The molecule has 0 atom stereocenters. The second-order valence-electron chi connectivity index (χ2n) is 7.23. The summed E-state index contributed by atoms with van der Waals surface area (Å²) in [6.07, 6.45) is 2.16. The number of rotatable bonds is 2. The summed E-state index contributed by atoms with van der Waals surface area (Å²) in [4.78, 5) is 3.54. The van der Waals surface area contributed by atoms with E-state index in [4.69, 9.17) is 0 Å². The Hall–Kier alpha value is -3.78. The third-order valence-corrected chi connectivity index (χ3v) is 5.57. The fraction of sp³-hybridized carbons (Fsp3) is 0. The van der Waals surface area contributed by atoms with Crippen LogP contribution in [0.1, 0.15) is 0 Å². The number of nitrogens with zero attached hydrogens (tertiary/aromatic N) is 1. The molecule has 2 heteroatoms. The van der Waals surface area contributed by atoms with E-state index >= 15 is 0 Å². The highest BCUT2D eigenvalue weighted by atomic mass is 15.0. The summed E-state index contributed by atoms with van der Waals surface area (Å²) in [6.45, 7) is 0. The molecule has 0 bridgehead atoms. The molecule has 0 amide bonds. The standard InChI is InChI=1S/C26H18N2/c1-2-6-18(7-3-1)19-10-12-21(13-11-19)28-15-14-20-16-25-23(17-26(20)28)22-8-4-5-9-24(22)27-25/h1-17,27H. The van der Waals surface area contributed by atoms with Crippen LogP contribution in [0, 0.1) is 0 Å². The zero-order valence-electron chi connectivity index (χ0n) is 15.3. The van der Waals surface area contributed by atoms with Crippen molar-refractivity contribution in [3.8, 4) is 16.8 Å². The number of nitrogens with one attached hydrogen (secondary N) is 1. The van der Waals surface area contributed by atoms with Gasteiger partial charge in [0.2, 0.25) is 0 Å². The Balaban J connectivity index is 1.51. The second-order valence-corrected chi connectivity index (χ2v) is 7.23. The zero-order valence-corrected chi connectivity index (χ0v) is 15.3. The number of aromatic amines is 1. The minimum atomic E-state index is 1.17. The maximum atomic E-state index is 3.54. The fourth-order valence-electron chi connectivity index (χ4n) is 4.15. The highest BCUT2D eigenvalue weighted by molar-refractivity contribution is 6.11. The van der Waals surface area contributed by atoms with Gasteiger partial charge in [-0.3, -0.25) is 0 Å². The summed E-state index contributed by atoms with van der Waals surface area (Å²) < 4.78 is 2.27. The Kier molecular flexibility index (Phi) is 3.20. The first-order valence-electron chi connectivity index (χ1n) is 9.54. The highest BCUT2D eigenvalue weighted by Gasteiger charge is 2.09. The molecule has 0 spiro atoms. The van der Waals surface area contributed by atoms with Gasteiger partial charge in [0.05, 0.1) is 5.52 Å². The molecule has 0 aliphatic heterocycles. The SMILES string of the molecule is c1ccc(-c2ccc(-n3ccc4cc5[nH]c6ccccc6c5cc43)cc2)cc1. The topological polar surface area (TPSA) is 20.7 Å². The third kappa shape index (κ3) is 2.28. The van der Waals surface area contributed by atoms with Gasteiger partial charge in [0.1, 0.15) is 0 Å². The smallest absolute Gasteiger partial charge is 0.0536 e. The van der Waals surface area contributed by atoms with Crippen LogP contribution in [0.15, 0.2) is 103 Å². The monoisotopic (exact) mass is 358 g/mol. The van der Waals surface area contributed by atoms with Gasteiger partial charge in [0, 0.05) is 39.1 Å². The van der Waals surface area contributed by atoms with Gasteiger partial charge in [-0.25, -0.2) is 0 Å². The van der Waals surface area contributed by atoms with Gasteiger partial charge in [0.25, 0.3) is 0 Å². The molecule has 0 aliphatic rings. The van der Waals surface area contributed by atoms with Crippen LogP contribution in [0.5, 0.6) is 0 Å². The molecule has 0 fully saturated rings. The first-order chi connectivity index (χ1) is 13.9. The summed E-state index contributed by atoms with van der Waals surface area (Å²) >= 11 is 0. The van der Waals surface area contributed by atoms with E-state index in [-0.39, 0.29) is 0 Å². The Labute approximate surface area is 162 Å². The van der Waals surface area contributed by atoms with Crippen LogP contribution in [-0.2, 0) is 0 Å². The van der Waals surface area contributed by atoms with E-state index in [1.54, 1.807) is 0 Å². The average molecular weight is 358 g/mol. The first-order valence-corrected chi connectivity index (χ1v) is 9.54. The van der Waals surface area contributed by atoms with Gasteiger partial charge in [-0.05, 0) is 47.5 Å². The lowest BCUT2D eigenvalue weighted by Gasteiger charge is -2.08. The van der Waals surface area contributed by atoms with Gasteiger partial charge >= 0.3 is 0 Å². The van der Waals surface area contributed by atoms with Crippen molar-refractivity contribution in [2.45, 2.75) is 0 Å². The molecule has 6 aromatic rings. The predicted molar refractivity (Wildman–Crippen MR) is 118 cm³/mol. The molecule has 2 nitrogen and oxygen atoms in total.